The van der Waals surface area contributed by atoms with E-state index in [0.717, 1.165) is 6.07 Å². The van der Waals surface area contributed by atoms with Gasteiger partial charge in [-0.1, -0.05) is 23.4 Å². The summed E-state index contributed by atoms with van der Waals surface area (Å²) in [6.07, 6.45) is -3.16. The van der Waals surface area contributed by atoms with Gasteiger partial charge >= 0.3 is 6.18 Å². The molecule has 0 atom stereocenters. The fourth-order valence-electron chi connectivity index (χ4n) is 1.84. The Morgan fingerprint density at radius 2 is 1.95 bits per heavy atom. The summed E-state index contributed by atoms with van der Waals surface area (Å²) in [5, 5.41) is 3.72. The summed E-state index contributed by atoms with van der Waals surface area (Å²) in [6, 6.07) is 5.36. The van der Waals surface area contributed by atoms with Crippen LogP contribution in [-0.2, 0) is 19.0 Å². The fraction of sp³-hybridized carbons (Fsp3) is 0.385. The third-order valence-electron chi connectivity index (χ3n) is 2.78. The van der Waals surface area contributed by atoms with Crippen LogP contribution >= 0.6 is 0 Å². The molecule has 20 heavy (non-hydrogen) atoms. The molecule has 0 amide bonds. The first-order valence-electron chi connectivity index (χ1n) is 6.17. The van der Waals surface area contributed by atoms with Gasteiger partial charge in [0.1, 0.15) is 0 Å². The first-order chi connectivity index (χ1) is 9.50. The van der Waals surface area contributed by atoms with Crippen molar-refractivity contribution in [2.75, 3.05) is 6.54 Å². The Bertz CT molecular complexity index is 566. The molecule has 0 fully saturated rings. The van der Waals surface area contributed by atoms with Gasteiger partial charge in [0.2, 0.25) is 5.89 Å². The molecule has 4 nitrogen and oxygen atoms in total. The molecule has 0 aliphatic rings. The largest absolute Gasteiger partial charge is 0.416 e. The Hall–Kier alpha value is -1.89. The van der Waals surface area contributed by atoms with Crippen LogP contribution in [0.3, 0.4) is 0 Å². The molecule has 0 aliphatic carbocycles. The van der Waals surface area contributed by atoms with E-state index in [1.165, 1.54) is 12.1 Å². The van der Waals surface area contributed by atoms with Gasteiger partial charge in [0, 0.05) is 6.42 Å². The number of rotatable bonds is 5. The molecule has 0 aliphatic heterocycles. The van der Waals surface area contributed by atoms with Crippen LogP contribution in [0, 0.1) is 0 Å². The van der Waals surface area contributed by atoms with Gasteiger partial charge in [0.05, 0.1) is 12.0 Å². The maximum absolute atomic E-state index is 12.8. The van der Waals surface area contributed by atoms with E-state index in [4.69, 9.17) is 10.3 Å². The second kappa shape index (κ2) is 6.04. The van der Waals surface area contributed by atoms with Crippen LogP contribution in [0.4, 0.5) is 13.2 Å². The molecule has 0 unspecified atom stereocenters. The van der Waals surface area contributed by atoms with Crippen LogP contribution in [0.1, 0.15) is 29.3 Å². The molecular formula is C13H14F3N3O. The minimum Gasteiger partial charge on any atom is -0.339 e. The lowest BCUT2D eigenvalue weighted by Gasteiger charge is -2.10. The van der Waals surface area contributed by atoms with Crippen molar-refractivity contribution in [3.8, 4) is 0 Å². The first-order valence-corrected chi connectivity index (χ1v) is 6.17. The van der Waals surface area contributed by atoms with Gasteiger partial charge in [0.25, 0.3) is 0 Å². The van der Waals surface area contributed by atoms with Crippen molar-refractivity contribution in [3.63, 3.8) is 0 Å². The van der Waals surface area contributed by atoms with Crippen molar-refractivity contribution in [2.45, 2.75) is 25.4 Å². The number of hydrogen-bond acceptors (Lipinski definition) is 4. The minimum absolute atomic E-state index is 0.0364. The van der Waals surface area contributed by atoms with Crippen LogP contribution in [0.5, 0.6) is 0 Å². The van der Waals surface area contributed by atoms with Crippen molar-refractivity contribution in [1.29, 1.82) is 0 Å². The Balaban J connectivity index is 2.16. The van der Waals surface area contributed by atoms with E-state index < -0.39 is 11.7 Å². The third-order valence-corrected chi connectivity index (χ3v) is 2.78. The number of aryl methyl sites for hydroxylation is 1. The molecule has 0 spiro atoms. The number of halogens is 3. The molecule has 0 saturated heterocycles. The van der Waals surface area contributed by atoms with Gasteiger partial charge in [-0.15, -0.1) is 0 Å². The second-order valence-electron chi connectivity index (χ2n) is 4.33. The summed E-state index contributed by atoms with van der Waals surface area (Å²) in [7, 11) is 0. The highest BCUT2D eigenvalue weighted by Crippen LogP contribution is 2.32. The smallest absolute Gasteiger partial charge is 0.339 e. The molecule has 1 heterocycles. The van der Waals surface area contributed by atoms with Gasteiger partial charge in [-0.25, -0.2) is 0 Å². The zero-order valence-electron chi connectivity index (χ0n) is 10.7. The number of alkyl halides is 3. The Morgan fingerprint density at radius 1 is 1.20 bits per heavy atom. The van der Waals surface area contributed by atoms with Gasteiger partial charge in [0.15, 0.2) is 5.82 Å². The molecule has 0 bridgehead atoms. The molecule has 0 radical (unpaired) electrons. The molecule has 2 aromatic rings. The Morgan fingerprint density at radius 3 is 2.65 bits per heavy atom. The van der Waals surface area contributed by atoms with E-state index in [1.54, 1.807) is 6.07 Å². The topological polar surface area (TPSA) is 64.9 Å². The highest BCUT2D eigenvalue weighted by Gasteiger charge is 2.33. The summed E-state index contributed by atoms with van der Waals surface area (Å²) in [5.74, 6) is 0.642. The maximum Gasteiger partial charge on any atom is 0.416 e. The highest BCUT2D eigenvalue weighted by molar-refractivity contribution is 5.31. The lowest BCUT2D eigenvalue weighted by atomic mass is 10.0. The number of nitrogens with zero attached hydrogens (tertiary/aromatic N) is 2. The van der Waals surface area contributed by atoms with Gasteiger partial charge in [-0.2, -0.15) is 18.2 Å². The number of aromatic nitrogens is 2. The van der Waals surface area contributed by atoms with Crippen LogP contribution in [0.25, 0.3) is 0 Å². The van der Waals surface area contributed by atoms with E-state index in [2.05, 4.69) is 10.1 Å². The first kappa shape index (κ1) is 14.5. The van der Waals surface area contributed by atoms with Crippen molar-refractivity contribution in [2.24, 2.45) is 5.73 Å². The zero-order chi connectivity index (χ0) is 14.6. The number of nitrogens with two attached hydrogens (primary N) is 1. The summed E-state index contributed by atoms with van der Waals surface area (Å²) >= 11 is 0. The molecule has 108 valence electrons. The normalized spacial score (nSPS) is 11.8. The minimum atomic E-state index is -4.39. The van der Waals surface area contributed by atoms with Crippen molar-refractivity contribution in [1.82, 2.24) is 10.1 Å². The molecule has 7 heteroatoms. The molecule has 1 aromatic heterocycles. The summed E-state index contributed by atoms with van der Waals surface area (Å²) in [6.45, 7) is 0.501. The molecular weight excluding hydrogens is 271 g/mol. The van der Waals surface area contributed by atoms with E-state index >= 15 is 0 Å². The number of hydrogen-bond donors (Lipinski definition) is 1. The third kappa shape index (κ3) is 3.57. The van der Waals surface area contributed by atoms with E-state index in [-0.39, 0.29) is 17.9 Å². The lowest BCUT2D eigenvalue weighted by Crippen LogP contribution is -2.09. The molecule has 0 saturated carbocycles. The zero-order valence-corrected chi connectivity index (χ0v) is 10.7. The Labute approximate surface area is 113 Å². The quantitative estimate of drug-likeness (QED) is 0.917. The predicted octanol–water partition coefficient (Wildman–Crippen LogP) is 2.57. The molecule has 2 N–H and O–H groups in total. The standard InChI is InChI=1S/C13H14F3N3O/c14-13(15,16)10-5-2-1-4-9(10)8-12-18-11(19-20-12)6-3-7-17/h1-2,4-5H,3,6-8,17H2. The average molecular weight is 285 g/mol. The van der Waals surface area contributed by atoms with Crippen LogP contribution in [-0.4, -0.2) is 16.7 Å². The fourth-order valence-corrected chi connectivity index (χ4v) is 1.84. The summed E-state index contributed by atoms with van der Waals surface area (Å²) in [4.78, 5) is 4.07. The summed E-state index contributed by atoms with van der Waals surface area (Å²) < 4.78 is 43.5. The Kier molecular flexibility index (Phi) is 4.39. The van der Waals surface area contributed by atoms with Crippen molar-refractivity contribution >= 4 is 0 Å². The van der Waals surface area contributed by atoms with Crippen LogP contribution < -0.4 is 5.73 Å². The van der Waals surface area contributed by atoms with Gasteiger partial charge in [-0.05, 0) is 24.6 Å². The lowest BCUT2D eigenvalue weighted by molar-refractivity contribution is -0.138. The van der Waals surface area contributed by atoms with Crippen molar-refractivity contribution in [3.05, 3.63) is 47.1 Å². The molecule has 2 rings (SSSR count). The molecule has 1 aromatic carbocycles. The highest BCUT2D eigenvalue weighted by atomic mass is 19.4. The van der Waals surface area contributed by atoms with E-state index in [1.807, 2.05) is 0 Å². The van der Waals surface area contributed by atoms with Gasteiger partial charge < -0.3 is 10.3 Å². The van der Waals surface area contributed by atoms with E-state index in [9.17, 15) is 13.2 Å². The monoisotopic (exact) mass is 285 g/mol. The second-order valence-corrected chi connectivity index (χ2v) is 4.33. The average Bonchev–Trinajstić information content (AvgIpc) is 2.83. The van der Waals surface area contributed by atoms with Crippen molar-refractivity contribution < 1.29 is 17.7 Å². The number of benzene rings is 1. The van der Waals surface area contributed by atoms with Crippen LogP contribution in [0.15, 0.2) is 28.8 Å². The summed E-state index contributed by atoms with van der Waals surface area (Å²) in [5.41, 5.74) is 4.80. The van der Waals surface area contributed by atoms with Gasteiger partial charge in [-0.3, -0.25) is 0 Å². The SMILES string of the molecule is NCCCc1noc(Cc2ccccc2C(F)(F)F)n1. The predicted molar refractivity (Wildman–Crippen MR) is 65.9 cm³/mol. The van der Waals surface area contributed by atoms with Crippen LogP contribution in [0.2, 0.25) is 0 Å². The maximum atomic E-state index is 12.8. The van der Waals surface area contributed by atoms with E-state index in [0.29, 0.717) is 25.2 Å².